The Balaban J connectivity index is 1.26. The van der Waals surface area contributed by atoms with Crippen LogP contribution >= 0.6 is 0 Å². The number of nitrogens with zero attached hydrogens (tertiary/aromatic N) is 2. The fourth-order valence-electron chi connectivity index (χ4n) is 4.20. The summed E-state index contributed by atoms with van der Waals surface area (Å²) in [5.74, 6) is 1.45. The Kier molecular flexibility index (Phi) is 7.25. The number of hydrogen-bond donors (Lipinski definition) is 0. The predicted molar refractivity (Wildman–Crippen MR) is 143 cm³/mol. The molecule has 35 heavy (non-hydrogen) atoms. The van der Waals surface area contributed by atoms with Crippen molar-refractivity contribution in [1.82, 2.24) is 0 Å². The van der Waals surface area contributed by atoms with Crippen LogP contribution in [-0.2, 0) is 11.3 Å². The van der Waals surface area contributed by atoms with Gasteiger partial charge < -0.3 is 19.1 Å². The Hall–Kier alpha value is -3.83. The molecule has 1 aliphatic rings. The van der Waals surface area contributed by atoms with Gasteiger partial charge in [-0.15, -0.1) is 0 Å². The molecule has 0 spiro atoms. The summed E-state index contributed by atoms with van der Waals surface area (Å²) in [5.41, 5.74) is 4.21. The molecule has 1 aliphatic heterocycles. The highest BCUT2D eigenvalue weighted by Gasteiger charge is 2.11. The molecule has 0 radical (unpaired) electrons. The topological polar surface area (TPSA) is 43.3 Å². The zero-order chi connectivity index (χ0) is 23.9. The third-order valence-electron chi connectivity index (χ3n) is 6.06. The second-order valence-electron chi connectivity index (χ2n) is 8.48. The van der Waals surface area contributed by atoms with Crippen LogP contribution < -0.4 is 14.4 Å². The van der Waals surface area contributed by atoms with Gasteiger partial charge in [-0.1, -0.05) is 36.4 Å². The van der Waals surface area contributed by atoms with Crippen LogP contribution in [0.25, 0.3) is 10.8 Å². The van der Waals surface area contributed by atoms with E-state index in [1.165, 1.54) is 16.5 Å². The number of hydrogen-bond acceptors (Lipinski definition) is 5. The third kappa shape index (κ3) is 5.81. The molecule has 0 saturated carbocycles. The monoisotopic (exact) mass is 466 g/mol. The Morgan fingerprint density at radius 1 is 0.829 bits per heavy atom. The van der Waals surface area contributed by atoms with E-state index in [0.717, 1.165) is 54.6 Å². The largest absolute Gasteiger partial charge is 0.490 e. The number of anilines is 1. The summed E-state index contributed by atoms with van der Waals surface area (Å²) in [6.45, 7) is 6.44. The van der Waals surface area contributed by atoms with Crippen molar-refractivity contribution in [3.63, 3.8) is 0 Å². The van der Waals surface area contributed by atoms with Gasteiger partial charge in [-0.3, -0.25) is 4.99 Å². The van der Waals surface area contributed by atoms with E-state index in [-0.39, 0.29) is 0 Å². The van der Waals surface area contributed by atoms with Gasteiger partial charge in [-0.2, -0.15) is 0 Å². The van der Waals surface area contributed by atoms with Crippen molar-refractivity contribution in [2.45, 2.75) is 13.5 Å². The first-order valence-electron chi connectivity index (χ1n) is 12.1. The van der Waals surface area contributed by atoms with Crippen LogP contribution in [0.2, 0.25) is 0 Å². The minimum absolute atomic E-state index is 0.480. The maximum atomic E-state index is 6.13. The van der Waals surface area contributed by atoms with E-state index < -0.39 is 0 Å². The molecule has 0 unspecified atom stereocenters. The molecule has 0 bridgehead atoms. The molecule has 5 heteroatoms. The average Bonchev–Trinajstić information content (AvgIpc) is 2.92. The second kappa shape index (κ2) is 11.1. The highest BCUT2D eigenvalue weighted by Crippen LogP contribution is 2.30. The first-order chi connectivity index (χ1) is 17.3. The highest BCUT2D eigenvalue weighted by atomic mass is 16.5. The molecule has 5 rings (SSSR count). The van der Waals surface area contributed by atoms with Crippen LogP contribution in [0.5, 0.6) is 11.5 Å². The molecule has 1 saturated heterocycles. The Morgan fingerprint density at radius 3 is 2.43 bits per heavy atom. The molecule has 1 fully saturated rings. The Labute approximate surface area is 206 Å². The smallest absolute Gasteiger partial charge is 0.161 e. The average molecular weight is 467 g/mol. The predicted octanol–water partition coefficient (Wildman–Crippen LogP) is 6.40. The van der Waals surface area contributed by atoms with E-state index in [4.69, 9.17) is 14.2 Å². The van der Waals surface area contributed by atoms with Crippen LogP contribution in [0.4, 0.5) is 11.4 Å². The summed E-state index contributed by atoms with van der Waals surface area (Å²) in [4.78, 5) is 6.99. The molecule has 0 aliphatic carbocycles. The van der Waals surface area contributed by atoms with Gasteiger partial charge in [-0.25, -0.2) is 0 Å². The van der Waals surface area contributed by atoms with E-state index in [2.05, 4.69) is 64.5 Å². The van der Waals surface area contributed by atoms with Gasteiger partial charge in [0, 0.05) is 25.0 Å². The zero-order valence-corrected chi connectivity index (χ0v) is 20.0. The molecule has 178 valence electrons. The van der Waals surface area contributed by atoms with E-state index in [1.54, 1.807) is 0 Å². The third-order valence-corrected chi connectivity index (χ3v) is 6.06. The van der Waals surface area contributed by atoms with Crippen molar-refractivity contribution in [1.29, 1.82) is 0 Å². The number of ether oxygens (including phenoxy) is 3. The lowest BCUT2D eigenvalue weighted by atomic mass is 10.1. The zero-order valence-electron chi connectivity index (χ0n) is 20.0. The van der Waals surface area contributed by atoms with Crippen LogP contribution in [0.3, 0.4) is 0 Å². The normalized spacial score (nSPS) is 13.9. The summed E-state index contributed by atoms with van der Waals surface area (Å²) in [6.07, 6.45) is 1.86. The number of morpholine rings is 1. The molecule has 4 aromatic carbocycles. The van der Waals surface area contributed by atoms with Gasteiger partial charge >= 0.3 is 0 Å². The van der Waals surface area contributed by atoms with E-state index >= 15 is 0 Å². The SMILES string of the molecule is CCOc1cc(C=Nc2ccc(N3CCOCC3)cc2)ccc1OCc1ccc2ccccc2c1. The molecule has 5 nitrogen and oxygen atoms in total. The maximum absolute atomic E-state index is 6.13. The van der Waals surface area contributed by atoms with Crippen molar-refractivity contribution in [3.8, 4) is 11.5 Å². The molecular weight excluding hydrogens is 436 g/mol. The number of benzene rings is 4. The van der Waals surface area contributed by atoms with Crippen molar-refractivity contribution in [3.05, 3.63) is 96.1 Å². The summed E-state index contributed by atoms with van der Waals surface area (Å²) < 4.78 is 17.4. The molecule has 0 amide bonds. The molecule has 1 heterocycles. The van der Waals surface area contributed by atoms with E-state index in [1.807, 2.05) is 43.5 Å². The summed E-state index contributed by atoms with van der Waals surface area (Å²) in [6, 6.07) is 29.0. The van der Waals surface area contributed by atoms with Crippen molar-refractivity contribution < 1.29 is 14.2 Å². The van der Waals surface area contributed by atoms with Crippen molar-refractivity contribution >= 4 is 28.4 Å². The lowest BCUT2D eigenvalue weighted by molar-refractivity contribution is 0.122. The fraction of sp³-hybridized carbons (Fsp3) is 0.233. The van der Waals surface area contributed by atoms with Gasteiger partial charge in [0.05, 0.1) is 25.5 Å². The molecule has 0 N–H and O–H groups in total. The standard InChI is InChI=1S/C30H30N2O3/c1-2-34-30-20-23(21-31-27-10-12-28(13-11-27)32-15-17-33-18-16-32)8-14-29(30)35-22-24-7-9-25-5-3-4-6-26(25)19-24/h3-14,19-21H,2,15-18,22H2,1H3. The van der Waals surface area contributed by atoms with Crippen LogP contribution in [-0.4, -0.2) is 39.1 Å². The lowest BCUT2D eigenvalue weighted by Gasteiger charge is -2.28. The summed E-state index contributed by atoms with van der Waals surface area (Å²) in [7, 11) is 0. The highest BCUT2D eigenvalue weighted by molar-refractivity contribution is 5.84. The molecule has 4 aromatic rings. The first kappa shape index (κ1) is 22.9. The van der Waals surface area contributed by atoms with E-state index in [9.17, 15) is 0 Å². The van der Waals surface area contributed by atoms with Gasteiger partial charge in [0.2, 0.25) is 0 Å². The number of rotatable bonds is 8. The minimum atomic E-state index is 0.480. The first-order valence-corrected chi connectivity index (χ1v) is 12.1. The Bertz CT molecular complexity index is 1290. The van der Waals surface area contributed by atoms with Crippen molar-refractivity contribution in [2.24, 2.45) is 4.99 Å². The second-order valence-corrected chi connectivity index (χ2v) is 8.48. The van der Waals surface area contributed by atoms with Gasteiger partial charge in [0.25, 0.3) is 0 Å². The summed E-state index contributed by atoms with van der Waals surface area (Å²) in [5, 5.41) is 2.44. The van der Waals surface area contributed by atoms with Crippen LogP contribution in [0.1, 0.15) is 18.1 Å². The summed E-state index contributed by atoms with van der Waals surface area (Å²) >= 11 is 0. The number of aliphatic imine (C=N–C) groups is 1. The molecular formula is C30H30N2O3. The van der Waals surface area contributed by atoms with E-state index in [0.29, 0.717) is 13.2 Å². The molecule has 0 atom stereocenters. The fourth-order valence-corrected chi connectivity index (χ4v) is 4.20. The van der Waals surface area contributed by atoms with Gasteiger partial charge in [0.15, 0.2) is 11.5 Å². The quantitative estimate of drug-likeness (QED) is 0.282. The molecule has 0 aromatic heterocycles. The van der Waals surface area contributed by atoms with Crippen molar-refractivity contribution in [2.75, 3.05) is 37.8 Å². The van der Waals surface area contributed by atoms with Gasteiger partial charge in [-0.05, 0) is 77.4 Å². The lowest BCUT2D eigenvalue weighted by Crippen LogP contribution is -2.36. The van der Waals surface area contributed by atoms with Gasteiger partial charge in [0.1, 0.15) is 6.61 Å². The number of fused-ring (bicyclic) bond motifs is 1. The van der Waals surface area contributed by atoms with Crippen LogP contribution in [0, 0.1) is 0 Å². The van der Waals surface area contributed by atoms with Crippen LogP contribution in [0.15, 0.2) is 89.9 Å². The maximum Gasteiger partial charge on any atom is 0.161 e. The minimum Gasteiger partial charge on any atom is -0.490 e. The Morgan fingerprint density at radius 2 is 1.63 bits per heavy atom.